The Labute approximate surface area is 181 Å². The van der Waals surface area contributed by atoms with Gasteiger partial charge in [-0.15, -0.1) is 0 Å². The number of carbonyl (C=O) groups is 2. The van der Waals surface area contributed by atoms with Gasteiger partial charge in [0.15, 0.2) is 0 Å². The van der Waals surface area contributed by atoms with E-state index in [2.05, 4.69) is 18.2 Å². The van der Waals surface area contributed by atoms with Gasteiger partial charge in [0, 0.05) is 25.1 Å². The smallest absolute Gasteiger partial charge is 0.339 e. The number of fused-ring (bicyclic) bond motifs is 1. The average Bonchev–Trinajstić information content (AvgIpc) is 2.84. The predicted octanol–water partition coefficient (Wildman–Crippen LogP) is 5.07. The molecule has 0 bridgehead atoms. The Hall–Kier alpha value is -3.66. The number of nitrogens with zero attached hydrogens (tertiary/aromatic N) is 1. The van der Waals surface area contributed by atoms with Crippen LogP contribution in [0.1, 0.15) is 49.9 Å². The molecule has 0 aliphatic carbocycles. The van der Waals surface area contributed by atoms with Crippen LogP contribution in [-0.2, 0) is 11.2 Å². The van der Waals surface area contributed by atoms with E-state index in [1.807, 2.05) is 59.5 Å². The highest BCUT2D eigenvalue weighted by molar-refractivity contribution is 5.98. The average molecular weight is 409 g/mol. The third kappa shape index (κ3) is 3.89. The van der Waals surface area contributed by atoms with Gasteiger partial charge in [0.1, 0.15) is 6.10 Å². The number of rotatable bonds is 3. The van der Waals surface area contributed by atoms with Crippen molar-refractivity contribution in [2.24, 2.45) is 0 Å². The minimum Gasteiger partial charge on any atom is -0.454 e. The van der Waals surface area contributed by atoms with Crippen LogP contribution in [-0.4, -0.2) is 29.9 Å². The second-order valence-electron chi connectivity index (χ2n) is 7.98. The Bertz CT molecular complexity index is 1150. The Morgan fingerprint density at radius 3 is 2.39 bits per heavy atom. The van der Waals surface area contributed by atoms with Crippen LogP contribution in [0.25, 0.3) is 5.57 Å². The van der Waals surface area contributed by atoms with Crippen molar-refractivity contribution in [1.29, 1.82) is 0 Å². The summed E-state index contributed by atoms with van der Waals surface area (Å²) in [6.45, 7) is 1.28. The zero-order valence-corrected chi connectivity index (χ0v) is 17.2. The largest absolute Gasteiger partial charge is 0.454 e. The molecule has 5 rings (SSSR count). The molecular weight excluding hydrogens is 386 g/mol. The molecule has 154 valence electrons. The zero-order valence-electron chi connectivity index (χ0n) is 17.2. The maximum absolute atomic E-state index is 13.1. The Morgan fingerprint density at radius 2 is 1.68 bits per heavy atom. The van der Waals surface area contributed by atoms with Crippen LogP contribution in [0.3, 0.4) is 0 Å². The van der Waals surface area contributed by atoms with Crippen molar-refractivity contribution in [2.75, 3.05) is 13.1 Å². The Kier molecular flexibility index (Phi) is 5.13. The molecule has 3 aromatic rings. The first-order valence-corrected chi connectivity index (χ1v) is 10.6. The molecule has 0 radical (unpaired) electrons. The number of hydrogen-bond acceptors (Lipinski definition) is 3. The first-order chi connectivity index (χ1) is 15.2. The molecular formula is C27H23NO3. The lowest BCUT2D eigenvalue weighted by molar-refractivity contribution is 0.0252. The molecule has 0 saturated carbocycles. The van der Waals surface area contributed by atoms with Crippen LogP contribution in [0.2, 0.25) is 0 Å². The summed E-state index contributed by atoms with van der Waals surface area (Å²) in [5, 5.41) is 0. The standard InChI is InChI=1S/C27H23NO3/c29-26(28-15-13-20(14-16-28)19-7-3-1-4-8-19)22-11-12-24-23(17-22)18-25(31-27(24)30)21-9-5-2-6-10-21/h1-13,17,25H,14-16,18H2/t25-/m0/s1. The van der Waals surface area contributed by atoms with Crippen molar-refractivity contribution in [1.82, 2.24) is 4.90 Å². The fourth-order valence-corrected chi connectivity index (χ4v) is 4.33. The van der Waals surface area contributed by atoms with Gasteiger partial charge in [-0.3, -0.25) is 4.79 Å². The molecule has 0 N–H and O–H groups in total. The molecule has 2 heterocycles. The maximum Gasteiger partial charge on any atom is 0.339 e. The molecule has 0 saturated heterocycles. The van der Waals surface area contributed by atoms with Crippen molar-refractivity contribution < 1.29 is 14.3 Å². The van der Waals surface area contributed by atoms with Gasteiger partial charge in [-0.05, 0) is 46.9 Å². The predicted molar refractivity (Wildman–Crippen MR) is 120 cm³/mol. The summed E-state index contributed by atoms with van der Waals surface area (Å²) in [6, 6.07) is 25.4. The van der Waals surface area contributed by atoms with E-state index in [0.717, 1.165) is 17.5 Å². The highest BCUT2D eigenvalue weighted by Gasteiger charge is 2.29. The van der Waals surface area contributed by atoms with E-state index in [4.69, 9.17) is 4.74 Å². The van der Waals surface area contributed by atoms with Gasteiger partial charge in [0.05, 0.1) is 5.56 Å². The molecule has 3 aromatic carbocycles. The SMILES string of the molecule is O=C1O[C@H](c2ccccc2)Cc2cc(C(=O)N3CC=C(c4ccccc4)CC3)ccc21. The highest BCUT2D eigenvalue weighted by atomic mass is 16.5. The van der Waals surface area contributed by atoms with Crippen molar-refractivity contribution in [3.8, 4) is 0 Å². The normalized spacial score (nSPS) is 18.1. The number of ether oxygens (including phenoxy) is 1. The lowest BCUT2D eigenvalue weighted by atomic mass is 9.92. The molecule has 1 amide bonds. The summed E-state index contributed by atoms with van der Waals surface area (Å²) < 4.78 is 5.63. The van der Waals surface area contributed by atoms with E-state index in [1.54, 1.807) is 12.1 Å². The van der Waals surface area contributed by atoms with Gasteiger partial charge in [-0.25, -0.2) is 4.79 Å². The van der Waals surface area contributed by atoms with Gasteiger partial charge < -0.3 is 9.64 Å². The monoisotopic (exact) mass is 409 g/mol. The van der Waals surface area contributed by atoms with Gasteiger partial charge in [-0.2, -0.15) is 0 Å². The minimum atomic E-state index is -0.331. The van der Waals surface area contributed by atoms with Crippen molar-refractivity contribution in [2.45, 2.75) is 18.9 Å². The number of cyclic esters (lactones) is 1. The van der Waals surface area contributed by atoms with E-state index in [-0.39, 0.29) is 18.0 Å². The first kappa shape index (κ1) is 19.3. The van der Waals surface area contributed by atoms with Gasteiger partial charge in [0.2, 0.25) is 0 Å². The van der Waals surface area contributed by atoms with Crippen LogP contribution in [0.15, 0.2) is 84.9 Å². The van der Waals surface area contributed by atoms with Crippen molar-refractivity contribution in [3.05, 3.63) is 113 Å². The molecule has 4 heteroatoms. The molecule has 1 atom stereocenters. The summed E-state index contributed by atoms with van der Waals surface area (Å²) in [5.41, 5.74) is 5.50. The molecule has 2 aliphatic heterocycles. The summed E-state index contributed by atoms with van der Waals surface area (Å²) in [7, 11) is 0. The topological polar surface area (TPSA) is 46.6 Å². The van der Waals surface area contributed by atoms with Crippen LogP contribution >= 0.6 is 0 Å². The number of hydrogen-bond donors (Lipinski definition) is 0. The fourth-order valence-electron chi connectivity index (χ4n) is 4.33. The van der Waals surface area contributed by atoms with Gasteiger partial charge in [0.25, 0.3) is 5.91 Å². The van der Waals surface area contributed by atoms with E-state index in [9.17, 15) is 9.59 Å². The van der Waals surface area contributed by atoms with E-state index >= 15 is 0 Å². The van der Waals surface area contributed by atoms with Crippen LogP contribution in [0, 0.1) is 0 Å². The number of benzene rings is 3. The summed E-state index contributed by atoms with van der Waals surface area (Å²) in [4.78, 5) is 27.5. The number of amides is 1. The molecule has 4 nitrogen and oxygen atoms in total. The van der Waals surface area contributed by atoms with Crippen molar-refractivity contribution >= 4 is 17.4 Å². The molecule has 2 aliphatic rings. The third-order valence-electron chi connectivity index (χ3n) is 6.04. The molecule has 0 aromatic heterocycles. The Balaban J connectivity index is 1.35. The van der Waals surface area contributed by atoms with Gasteiger partial charge in [-0.1, -0.05) is 66.7 Å². The zero-order chi connectivity index (χ0) is 21.2. The fraction of sp³-hybridized carbons (Fsp3) is 0.185. The lowest BCUT2D eigenvalue weighted by Gasteiger charge is -2.28. The number of carbonyl (C=O) groups excluding carboxylic acids is 2. The van der Waals surface area contributed by atoms with E-state index in [0.29, 0.717) is 30.6 Å². The first-order valence-electron chi connectivity index (χ1n) is 10.6. The summed E-state index contributed by atoms with van der Waals surface area (Å²) in [6.07, 6.45) is 3.23. The third-order valence-corrected chi connectivity index (χ3v) is 6.04. The Morgan fingerprint density at radius 1 is 0.935 bits per heavy atom. The van der Waals surface area contributed by atoms with Crippen LogP contribution in [0.4, 0.5) is 0 Å². The highest BCUT2D eigenvalue weighted by Crippen LogP contribution is 2.31. The molecule has 0 unspecified atom stereocenters. The lowest BCUT2D eigenvalue weighted by Crippen LogP contribution is -2.35. The van der Waals surface area contributed by atoms with Crippen LogP contribution < -0.4 is 0 Å². The molecule has 31 heavy (non-hydrogen) atoms. The second kappa shape index (κ2) is 8.23. The maximum atomic E-state index is 13.1. The van der Waals surface area contributed by atoms with Crippen molar-refractivity contribution in [3.63, 3.8) is 0 Å². The second-order valence-corrected chi connectivity index (χ2v) is 7.98. The summed E-state index contributed by atoms with van der Waals surface area (Å²) >= 11 is 0. The van der Waals surface area contributed by atoms with Gasteiger partial charge >= 0.3 is 5.97 Å². The minimum absolute atomic E-state index is 0.00126. The quantitative estimate of drug-likeness (QED) is 0.568. The van der Waals surface area contributed by atoms with E-state index < -0.39 is 0 Å². The number of esters is 1. The molecule has 0 spiro atoms. The van der Waals surface area contributed by atoms with Crippen LogP contribution in [0.5, 0.6) is 0 Å². The summed E-state index contributed by atoms with van der Waals surface area (Å²) in [5.74, 6) is -0.330. The van der Waals surface area contributed by atoms with E-state index in [1.165, 1.54) is 11.1 Å². The molecule has 0 fully saturated rings.